The molecule has 1 aromatic heterocycles. The van der Waals surface area contributed by atoms with Crippen molar-refractivity contribution in [3.63, 3.8) is 0 Å². The van der Waals surface area contributed by atoms with Crippen LogP contribution in [0.5, 0.6) is 5.75 Å². The van der Waals surface area contributed by atoms with Gasteiger partial charge in [-0.25, -0.2) is 9.97 Å². The van der Waals surface area contributed by atoms with E-state index in [4.69, 9.17) is 21.1 Å². The van der Waals surface area contributed by atoms with Crippen molar-refractivity contribution in [1.29, 1.82) is 0 Å². The number of aromatic hydroxyl groups is 1. The van der Waals surface area contributed by atoms with Crippen LogP contribution in [0.15, 0.2) is 0 Å². The van der Waals surface area contributed by atoms with E-state index in [0.29, 0.717) is 0 Å². The maximum Gasteiger partial charge on any atom is 0.182 e. The van der Waals surface area contributed by atoms with Gasteiger partial charge in [-0.1, -0.05) is 0 Å². The zero-order valence-electron chi connectivity index (χ0n) is 6.23. The number of aliphatic hydroxyl groups excluding tert-OH is 2. The molecule has 0 bridgehead atoms. The second kappa shape index (κ2) is 3.33. The molecule has 0 amide bonds. The van der Waals surface area contributed by atoms with Gasteiger partial charge in [0.2, 0.25) is 0 Å². The first-order chi connectivity index (χ1) is 5.69. The predicted octanol–water partition coefficient (Wildman–Crippen LogP) is -1.25. The van der Waals surface area contributed by atoms with E-state index in [0.717, 1.165) is 0 Å². The molecule has 1 heterocycles. The molecule has 6 heteroatoms. The Morgan fingerprint density at radius 1 is 1.17 bits per heavy atom. The fraction of sp³-hybridized carbons (Fsp3) is 0.333. The maximum atomic E-state index is 9.13. The number of aromatic nitrogens is 2. The van der Waals surface area contributed by atoms with Crippen molar-refractivity contribution in [1.82, 2.24) is 9.97 Å². The molecule has 0 aliphatic rings. The third kappa shape index (κ3) is 1.44. The lowest BCUT2D eigenvalue weighted by molar-refractivity contribution is 0.257. The Morgan fingerprint density at radius 2 is 1.83 bits per heavy atom. The lowest BCUT2D eigenvalue weighted by Crippen LogP contribution is -2.04. The van der Waals surface area contributed by atoms with Crippen molar-refractivity contribution >= 4 is 5.82 Å². The normalized spacial score (nSPS) is 10.2. The minimum atomic E-state index is -0.439. The molecule has 0 saturated carbocycles. The van der Waals surface area contributed by atoms with Gasteiger partial charge < -0.3 is 21.1 Å². The predicted molar refractivity (Wildman–Crippen MR) is 40.0 cm³/mol. The van der Waals surface area contributed by atoms with Crippen LogP contribution in [-0.2, 0) is 13.2 Å². The van der Waals surface area contributed by atoms with Gasteiger partial charge in [0.25, 0.3) is 0 Å². The van der Waals surface area contributed by atoms with E-state index >= 15 is 0 Å². The topological polar surface area (TPSA) is 112 Å². The number of hydrogen-bond acceptors (Lipinski definition) is 6. The number of nitrogens with zero attached hydrogens (tertiary/aromatic N) is 2. The van der Waals surface area contributed by atoms with Crippen LogP contribution in [0.25, 0.3) is 0 Å². The molecule has 12 heavy (non-hydrogen) atoms. The number of anilines is 1. The molecule has 0 aliphatic heterocycles. The van der Waals surface area contributed by atoms with Crippen LogP contribution in [0, 0.1) is 0 Å². The number of aliphatic hydroxyl groups is 2. The quantitative estimate of drug-likeness (QED) is 0.442. The first-order valence-electron chi connectivity index (χ1n) is 3.25. The number of nitrogens with two attached hydrogens (primary N) is 1. The Morgan fingerprint density at radius 3 is 2.33 bits per heavy atom. The highest BCUT2D eigenvalue weighted by Crippen LogP contribution is 2.20. The molecule has 0 radical (unpaired) electrons. The third-order valence-corrected chi connectivity index (χ3v) is 1.32. The number of rotatable bonds is 2. The highest BCUT2D eigenvalue weighted by molar-refractivity contribution is 5.47. The molecule has 0 aliphatic carbocycles. The summed E-state index contributed by atoms with van der Waals surface area (Å²) in [5.41, 5.74) is 5.27. The average molecular weight is 171 g/mol. The molecule has 0 fully saturated rings. The van der Waals surface area contributed by atoms with Crippen molar-refractivity contribution in [3.05, 3.63) is 11.5 Å². The first-order valence-corrected chi connectivity index (χ1v) is 3.25. The molecule has 5 N–H and O–H groups in total. The molecule has 0 spiro atoms. The molecule has 0 aromatic carbocycles. The zero-order chi connectivity index (χ0) is 9.14. The van der Waals surface area contributed by atoms with Crippen LogP contribution >= 0.6 is 0 Å². The third-order valence-electron chi connectivity index (χ3n) is 1.32. The van der Waals surface area contributed by atoms with Gasteiger partial charge >= 0.3 is 0 Å². The Labute approximate surface area is 68.3 Å². The van der Waals surface area contributed by atoms with Gasteiger partial charge in [0.05, 0.1) is 6.61 Å². The van der Waals surface area contributed by atoms with Crippen molar-refractivity contribution in [2.24, 2.45) is 0 Å². The summed E-state index contributed by atoms with van der Waals surface area (Å²) in [4.78, 5) is 7.18. The minimum absolute atomic E-state index is 0.0200. The molecule has 6 nitrogen and oxygen atoms in total. The van der Waals surface area contributed by atoms with E-state index in [9.17, 15) is 0 Å². The largest absolute Gasteiger partial charge is 0.503 e. The van der Waals surface area contributed by atoms with Crippen molar-refractivity contribution in [3.8, 4) is 5.75 Å². The molecule has 0 atom stereocenters. The summed E-state index contributed by atoms with van der Waals surface area (Å²) < 4.78 is 0. The van der Waals surface area contributed by atoms with Crippen molar-refractivity contribution in [2.75, 3.05) is 5.73 Å². The van der Waals surface area contributed by atoms with E-state index in [-0.39, 0.29) is 29.7 Å². The Bertz CT molecular complexity index is 290. The van der Waals surface area contributed by atoms with Gasteiger partial charge in [-0.05, 0) is 0 Å². The van der Waals surface area contributed by atoms with Gasteiger partial charge in [-0.2, -0.15) is 0 Å². The van der Waals surface area contributed by atoms with Crippen LogP contribution in [0.4, 0.5) is 5.82 Å². The van der Waals surface area contributed by atoms with Gasteiger partial charge in [0, 0.05) is 0 Å². The second-order valence-electron chi connectivity index (χ2n) is 2.14. The fourth-order valence-electron chi connectivity index (χ4n) is 0.755. The summed E-state index contributed by atoms with van der Waals surface area (Å²) in [6.45, 7) is -0.816. The van der Waals surface area contributed by atoms with Crippen molar-refractivity contribution < 1.29 is 15.3 Å². The second-order valence-corrected chi connectivity index (χ2v) is 2.14. The highest BCUT2D eigenvalue weighted by Gasteiger charge is 2.09. The standard InChI is InChI=1S/C6H9N3O3/c7-6-5(12)3(1-10)8-4(2-11)9-6/h10-12H,1-2H2,(H2,7,8,9). The SMILES string of the molecule is Nc1nc(CO)nc(CO)c1O. The minimum Gasteiger partial charge on any atom is -0.503 e. The summed E-state index contributed by atoms with van der Waals surface area (Å²) >= 11 is 0. The molecule has 1 rings (SSSR count). The monoisotopic (exact) mass is 171 g/mol. The summed E-state index contributed by atoms with van der Waals surface area (Å²) in [6.07, 6.45) is 0. The first kappa shape index (κ1) is 8.69. The summed E-state index contributed by atoms with van der Waals surface area (Å²) in [6, 6.07) is 0. The Kier molecular flexibility index (Phi) is 2.41. The Balaban J connectivity index is 3.19. The smallest absolute Gasteiger partial charge is 0.182 e. The fourth-order valence-corrected chi connectivity index (χ4v) is 0.755. The molecule has 0 saturated heterocycles. The summed E-state index contributed by atoms with van der Waals surface area (Å²) in [5.74, 6) is -0.401. The van der Waals surface area contributed by atoms with E-state index in [1.54, 1.807) is 0 Å². The van der Waals surface area contributed by atoms with Crippen molar-refractivity contribution in [2.45, 2.75) is 13.2 Å². The van der Waals surface area contributed by atoms with Crippen LogP contribution < -0.4 is 5.73 Å². The summed E-state index contributed by atoms with van der Waals surface area (Å²) in [5, 5.41) is 26.4. The maximum absolute atomic E-state index is 9.13. The van der Waals surface area contributed by atoms with Gasteiger partial charge in [0.1, 0.15) is 12.3 Å². The number of nitrogen functional groups attached to an aromatic ring is 1. The Hall–Kier alpha value is -1.40. The van der Waals surface area contributed by atoms with E-state index in [1.807, 2.05) is 0 Å². The van der Waals surface area contributed by atoms with Crippen LogP contribution in [0.2, 0.25) is 0 Å². The van der Waals surface area contributed by atoms with E-state index in [1.165, 1.54) is 0 Å². The van der Waals surface area contributed by atoms with Gasteiger partial charge in [-0.3, -0.25) is 0 Å². The van der Waals surface area contributed by atoms with Crippen LogP contribution in [-0.4, -0.2) is 25.3 Å². The molecule has 0 unspecified atom stereocenters. The molecule has 1 aromatic rings. The molecular formula is C6H9N3O3. The van der Waals surface area contributed by atoms with E-state index < -0.39 is 6.61 Å². The van der Waals surface area contributed by atoms with Gasteiger partial charge in [0.15, 0.2) is 17.4 Å². The van der Waals surface area contributed by atoms with Gasteiger partial charge in [-0.15, -0.1) is 0 Å². The summed E-state index contributed by atoms with van der Waals surface area (Å²) in [7, 11) is 0. The lowest BCUT2D eigenvalue weighted by atomic mass is 10.3. The average Bonchev–Trinajstić information content (AvgIpc) is 2.09. The highest BCUT2D eigenvalue weighted by atomic mass is 16.3. The zero-order valence-corrected chi connectivity index (χ0v) is 6.23. The lowest BCUT2D eigenvalue weighted by Gasteiger charge is -2.04. The van der Waals surface area contributed by atoms with E-state index in [2.05, 4.69) is 9.97 Å². The van der Waals surface area contributed by atoms with Crippen LogP contribution in [0.3, 0.4) is 0 Å². The van der Waals surface area contributed by atoms with Crippen LogP contribution in [0.1, 0.15) is 11.5 Å². The molecular weight excluding hydrogens is 162 g/mol. The number of hydrogen-bond donors (Lipinski definition) is 4. The molecule has 66 valence electrons.